The normalized spacial score (nSPS) is 11.9. The van der Waals surface area contributed by atoms with Gasteiger partial charge in [-0.1, -0.05) is 31.0 Å². The van der Waals surface area contributed by atoms with Gasteiger partial charge in [-0.2, -0.15) is 5.10 Å². The Bertz CT molecular complexity index is 528. The first kappa shape index (κ1) is 20.4. The third kappa shape index (κ3) is 9.10. The van der Waals surface area contributed by atoms with E-state index in [9.17, 15) is 9.59 Å². The number of carboxylic acids is 1. The summed E-state index contributed by atoms with van der Waals surface area (Å²) in [6, 6.07) is 7.16. The molecule has 8 N–H and O–H groups in total. The second kappa shape index (κ2) is 11.0. The molecule has 8 nitrogen and oxygen atoms in total. The second-order valence-electron chi connectivity index (χ2n) is 4.99. The predicted octanol–water partition coefficient (Wildman–Crippen LogP) is 0.707. The lowest BCUT2D eigenvalue weighted by Gasteiger charge is -2.09. The van der Waals surface area contributed by atoms with Crippen LogP contribution in [0.5, 0.6) is 0 Å². The SMILES string of the molecule is CCCC(C/C(N)=N/NN)C(=O)O.Cc1ccc(C(N)=O)cc1. The highest BCUT2D eigenvalue weighted by Crippen LogP contribution is 2.10. The number of carbonyl (C=O) groups excluding carboxylic acids is 1. The number of rotatable bonds is 7. The largest absolute Gasteiger partial charge is 0.481 e. The Kier molecular flexibility index (Phi) is 9.77. The number of hydrogen-bond acceptors (Lipinski definition) is 5. The molecular weight excluding hydrogens is 298 g/mol. The summed E-state index contributed by atoms with van der Waals surface area (Å²) in [7, 11) is 0. The number of aryl methyl sites for hydroxylation is 1. The maximum Gasteiger partial charge on any atom is 0.306 e. The van der Waals surface area contributed by atoms with Crippen LogP contribution in [0.1, 0.15) is 42.1 Å². The van der Waals surface area contributed by atoms with Crippen molar-refractivity contribution >= 4 is 17.7 Å². The molecule has 8 heteroatoms. The Morgan fingerprint density at radius 3 is 2.22 bits per heavy atom. The van der Waals surface area contributed by atoms with Crippen molar-refractivity contribution < 1.29 is 14.7 Å². The van der Waals surface area contributed by atoms with Crippen LogP contribution < -0.4 is 22.8 Å². The number of aliphatic carboxylic acids is 1. The molecule has 23 heavy (non-hydrogen) atoms. The minimum atomic E-state index is -0.850. The number of hydrogen-bond donors (Lipinski definition) is 5. The third-order valence-electron chi connectivity index (χ3n) is 2.99. The molecule has 1 amide bonds. The topological polar surface area (TPSA) is 157 Å². The van der Waals surface area contributed by atoms with Gasteiger partial charge in [0.05, 0.1) is 5.92 Å². The maximum atomic E-state index is 10.7. The summed E-state index contributed by atoms with van der Waals surface area (Å²) in [6.07, 6.45) is 1.63. The predicted molar refractivity (Wildman–Crippen MR) is 89.3 cm³/mol. The van der Waals surface area contributed by atoms with Gasteiger partial charge in [0, 0.05) is 12.0 Å². The molecule has 1 atom stereocenters. The molecule has 0 radical (unpaired) electrons. The van der Waals surface area contributed by atoms with Crippen LogP contribution in [-0.4, -0.2) is 22.8 Å². The van der Waals surface area contributed by atoms with E-state index in [-0.39, 0.29) is 18.2 Å². The van der Waals surface area contributed by atoms with Crippen molar-refractivity contribution in [3.05, 3.63) is 35.4 Å². The fourth-order valence-electron chi connectivity index (χ4n) is 1.76. The van der Waals surface area contributed by atoms with E-state index in [1.807, 2.05) is 31.5 Å². The standard InChI is InChI=1S/C8H9NO.C7H16N4O2/c1-6-2-4-7(5-3-6)8(9)10;1-2-3-5(7(12)13)4-6(8)10-11-9/h2-5H,1H3,(H2,9,10);5,11H,2-4,9H2,1H3,(H2,8,10)(H,12,13). The molecule has 0 spiro atoms. The molecule has 0 saturated carbocycles. The fourth-order valence-corrected chi connectivity index (χ4v) is 1.76. The van der Waals surface area contributed by atoms with Crippen molar-refractivity contribution in [2.75, 3.05) is 0 Å². The number of carbonyl (C=O) groups is 2. The number of nitrogens with one attached hydrogen (secondary N) is 1. The first-order valence-corrected chi connectivity index (χ1v) is 7.18. The van der Waals surface area contributed by atoms with E-state index in [4.69, 9.17) is 22.4 Å². The summed E-state index contributed by atoms with van der Waals surface area (Å²) in [5, 5.41) is 12.2. The highest BCUT2D eigenvalue weighted by atomic mass is 16.4. The number of nitrogens with zero attached hydrogens (tertiary/aromatic N) is 1. The molecule has 0 aliphatic carbocycles. The van der Waals surface area contributed by atoms with Crippen molar-refractivity contribution in [1.82, 2.24) is 5.53 Å². The summed E-state index contributed by atoms with van der Waals surface area (Å²) in [5.74, 6) is 3.41. The molecule has 0 bridgehead atoms. The number of hydrazone groups is 1. The van der Waals surface area contributed by atoms with E-state index in [1.54, 1.807) is 12.1 Å². The van der Waals surface area contributed by atoms with Gasteiger partial charge in [0.25, 0.3) is 0 Å². The van der Waals surface area contributed by atoms with Crippen LogP contribution in [0.25, 0.3) is 0 Å². The second-order valence-corrected chi connectivity index (χ2v) is 4.99. The zero-order chi connectivity index (χ0) is 17.8. The molecule has 0 aromatic heterocycles. The first-order chi connectivity index (χ1) is 10.8. The van der Waals surface area contributed by atoms with Crippen molar-refractivity contribution in [2.45, 2.75) is 33.1 Å². The molecule has 1 unspecified atom stereocenters. The van der Waals surface area contributed by atoms with E-state index >= 15 is 0 Å². The van der Waals surface area contributed by atoms with E-state index in [0.29, 0.717) is 12.0 Å². The van der Waals surface area contributed by atoms with E-state index in [0.717, 1.165) is 12.0 Å². The molecule has 0 saturated heterocycles. The Morgan fingerprint density at radius 2 is 1.83 bits per heavy atom. The molecule has 1 rings (SSSR count). The Hall–Kier alpha value is -2.61. The van der Waals surface area contributed by atoms with Crippen LogP contribution in [0.2, 0.25) is 0 Å². The minimum Gasteiger partial charge on any atom is -0.481 e. The number of hydrazine groups is 1. The number of amides is 1. The van der Waals surface area contributed by atoms with Crippen LogP contribution in [0.4, 0.5) is 0 Å². The average Bonchev–Trinajstić information content (AvgIpc) is 2.48. The van der Waals surface area contributed by atoms with Crippen molar-refractivity contribution in [1.29, 1.82) is 0 Å². The molecule has 0 aliphatic rings. The molecule has 1 aromatic carbocycles. The minimum absolute atomic E-state index is 0.211. The average molecular weight is 323 g/mol. The molecule has 0 fully saturated rings. The van der Waals surface area contributed by atoms with Crippen molar-refractivity contribution in [2.24, 2.45) is 28.3 Å². The summed E-state index contributed by atoms with van der Waals surface area (Å²) in [5.41, 5.74) is 14.1. The lowest BCUT2D eigenvalue weighted by Crippen LogP contribution is -2.27. The fraction of sp³-hybridized carbons (Fsp3) is 0.400. The monoisotopic (exact) mass is 323 g/mol. The highest BCUT2D eigenvalue weighted by molar-refractivity contribution is 5.92. The number of amidine groups is 1. The van der Waals surface area contributed by atoms with Crippen LogP contribution >= 0.6 is 0 Å². The van der Waals surface area contributed by atoms with Gasteiger partial charge in [-0.15, -0.1) is 0 Å². The van der Waals surface area contributed by atoms with Gasteiger partial charge >= 0.3 is 5.97 Å². The summed E-state index contributed by atoms with van der Waals surface area (Å²) < 4.78 is 0. The van der Waals surface area contributed by atoms with Gasteiger partial charge < -0.3 is 16.6 Å². The number of primary amides is 1. The summed E-state index contributed by atoms with van der Waals surface area (Å²) >= 11 is 0. The van der Waals surface area contributed by atoms with Gasteiger partial charge in [0.2, 0.25) is 5.91 Å². The van der Waals surface area contributed by atoms with Gasteiger partial charge in [-0.3, -0.25) is 9.59 Å². The highest BCUT2D eigenvalue weighted by Gasteiger charge is 2.17. The number of nitrogens with two attached hydrogens (primary N) is 3. The molecule has 1 aromatic rings. The molecule has 128 valence electrons. The quantitative estimate of drug-likeness (QED) is 0.215. The zero-order valence-corrected chi connectivity index (χ0v) is 13.5. The van der Waals surface area contributed by atoms with Crippen LogP contribution in [0, 0.1) is 12.8 Å². The Morgan fingerprint density at radius 1 is 1.26 bits per heavy atom. The van der Waals surface area contributed by atoms with Crippen molar-refractivity contribution in [3.63, 3.8) is 0 Å². The van der Waals surface area contributed by atoms with Gasteiger partial charge in [0.1, 0.15) is 5.84 Å². The molecular formula is C15H25N5O3. The Labute approximate surface area is 135 Å². The van der Waals surface area contributed by atoms with Gasteiger partial charge in [0.15, 0.2) is 0 Å². The van der Waals surface area contributed by atoms with E-state index in [1.165, 1.54) is 0 Å². The smallest absolute Gasteiger partial charge is 0.306 e. The molecule has 0 heterocycles. The zero-order valence-electron chi connectivity index (χ0n) is 13.5. The number of benzene rings is 1. The van der Waals surface area contributed by atoms with Gasteiger partial charge in [-0.25, -0.2) is 11.4 Å². The Balaban J connectivity index is 0.000000433. The van der Waals surface area contributed by atoms with E-state index in [2.05, 4.69) is 5.10 Å². The lowest BCUT2D eigenvalue weighted by molar-refractivity contribution is -0.141. The van der Waals surface area contributed by atoms with Crippen LogP contribution in [-0.2, 0) is 4.79 Å². The molecule has 0 aliphatic heterocycles. The van der Waals surface area contributed by atoms with E-state index < -0.39 is 11.9 Å². The summed E-state index contributed by atoms with van der Waals surface area (Å²) in [4.78, 5) is 21.2. The van der Waals surface area contributed by atoms with Crippen LogP contribution in [0.3, 0.4) is 0 Å². The van der Waals surface area contributed by atoms with Gasteiger partial charge in [-0.05, 0) is 25.5 Å². The summed E-state index contributed by atoms with van der Waals surface area (Å²) in [6.45, 7) is 3.88. The van der Waals surface area contributed by atoms with Crippen molar-refractivity contribution in [3.8, 4) is 0 Å². The first-order valence-electron chi connectivity index (χ1n) is 7.18. The van der Waals surface area contributed by atoms with Crippen LogP contribution in [0.15, 0.2) is 29.4 Å². The maximum absolute atomic E-state index is 10.7. The third-order valence-corrected chi connectivity index (χ3v) is 2.99. The lowest BCUT2D eigenvalue weighted by atomic mass is 10.00. The number of carboxylic acid groups (broad SMARTS) is 1.